The highest BCUT2D eigenvalue weighted by atomic mass is 79.9. The zero-order valence-electron chi connectivity index (χ0n) is 31.5. The molecule has 6 aromatic rings. The zero-order chi connectivity index (χ0) is 39.2. The minimum absolute atomic E-state index is 0.0980. The van der Waals surface area contributed by atoms with E-state index in [0.29, 0.717) is 24.3 Å². The summed E-state index contributed by atoms with van der Waals surface area (Å²) in [6.07, 6.45) is 4.02. The summed E-state index contributed by atoms with van der Waals surface area (Å²) in [5.74, 6) is -0.935. The second-order valence-corrected chi connectivity index (χ2v) is 20.4. The SMILES string of the molecule is C[C@H]1[C@H]([Si](C)(C)O)[C@@H](CCn2cc(C(CO)c3ccccc3)nn2)O[C@]12C(=O)N(Cc1cccc(NC(=O)Cc3c[nH]c4ccccc34)c1)c1ccc(Br)cc12. The fraction of sp³-hybridized carbons (Fsp3) is 0.302. The molecule has 0 bridgehead atoms. The van der Waals surface area contributed by atoms with Crippen molar-refractivity contribution in [2.45, 2.75) is 69.1 Å². The molecule has 0 aliphatic carbocycles. The number of hydrogen-bond acceptors (Lipinski definition) is 7. The number of aliphatic hydroxyl groups excluding tert-OH is 1. The normalized spacial score (nSPS) is 21.2. The van der Waals surface area contributed by atoms with E-state index in [-0.39, 0.29) is 48.8 Å². The van der Waals surface area contributed by atoms with Crippen molar-refractivity contribution in [3.8, 4) is 0 Å². The number of aliphatic hydroxyl groups is 1. The molecule has 4 heterocycles. The highest BCUT2D eigenvalue weighted by molar-refractivity contribution is 9.10. The Kier molecular flexibility index (Phi) is 10.3. The van der Waals surface area contributed by atoms with Gasteiger partial charge in [-0.1, -0.05) is 88.7 Å². The number of anilines is 2. The summed E-state index contributed by atoms with van der Waals surface area (Å²) >= 11 is 3.65. The Morgan fingerprint density at radius 3 is 2.62 bits per heavy atom. The van der Waals surface area contributed by atoms with E-state index in [4.69, 9.17) is 4.74 Å². The van der Waals surface area contributed by atoms with Gasteiger partial charge < -0.3 is 29.8 Å². The van der Waals surface area contributed by atoms with Crippen molar-refractivity contribution < 1.29 is 24.2 Å². The lowest BCUT2D eigenvalue weighted by Crippen LogP contribution is -2.46. The van der Waals surface area contributed by atoms with Gasteiger partial charge in [-0.3, -0.25) is 14.3 Å². The highest BCUT2D eigenvalue weighted by Gasteiger charge is 2.66. The molecule has 4 aromatic carbocycles. The lowest BCUT2D eigenvalue weighted by atomic mass is 9.82. The molecule has 5 atom stereocenters. The molecule has 2 aliphatic rings. The van der Waals surface area contributed by atoms with Crippen LogP contribution in [-0.4, -0.2) is 62.7 Å². The van der Waals surface area contributed by atoms with E-state index in [2.05, 4.69) is 36.5 Å². The lowest BCUT2D eigenvalue weighted by molar-refractivity contribution is -0.146. The van der Waals surface area contributed by atoms with Crippen molar-refractivity contribution >= 4 is 58.3 Å². The van der Waals surface area contributed by atoms with Crippen LogP contribution >= 0.6 is 15.9 Å². The summed E-state index contributed by atoms with van der Waals surface area (Å²) in [5.41, 5.74) is 4.99. The minimum atomic E-state index is -2.90. The number of H-pyrrole nitrogens is 1. The fourth-order valence-corrected chi connectivity index (χ4v) is 11.9. The highest BCUT2D eigenvalue weighted by Crippen LogP contribution is 2.60. The number of hydrogen-bond donors (Lipinski definition) is 4. The third-order valence-electron chi connectivity index (χ3n) is 11.5. The molecule has 1 fully saturated rings. The quantitative estimate of drug-likeness (QED) is 0.0951. The first-order valence-corrected chi connectivity index (χ1v) is 22.8. The van der Waals surface area contributed by atoms with E-state index in [1.165, 1.54) is 0 Å². The molecule has 2 amide bonds. The molecule has 11 nitrogen and oxygen atoms in total. The number of carbonyl (C=O) groups is 2. The summed E-state index contributed by atoms with van der Waals surface area (Å²) in [4.78, 5) is 45.0. The van der Waals surface area contributed by atoms with Crippen LogP contribution in [-0.2, 0) is 39.4 Å². The van der Waals surface area contributed by atoms with Gasteiger partial charge in [0.05, 0.1) is 43.0 Å². The van der Waals surface area contributed by atoms with Crippen LogP contribution < -0.4 is 10.2 Å². The molecular formula is C43H45BrN6O5Si. The molecule has 2 aromatic heterocycles. The number of aromatic nitrogens is 4. The van der Waals surface area contributed by atoms with E-state index in [0.717, 1.165) is 43.3 Å². The van der Waals surface area contributed by atoms with E-state index in [1.54, 1.807) is 9.58 Å². The molecule has 4 N–H and O–H groups in total. The van der Waals surface area contributed by atoms with Gasteiger partial charge >= 0.3 is 0 Å². The Hall–Kier alpha value is -4.92. The maximum absolute atomic E-state index is 15.0. The van der Waals surface area contributed by atoms with Gasteiger partial charge in [0.1, 0.15) is 0 Å². The smallest absolute Gasteiger partial charge is 0.264 e. The van der Waals surface area contributed by atoms with Gasteiger partial charge in [-0.05, 0) is 72.6 Å². The first-order valence-electron chi connectivity index (χ1n) is 19.0. The summed E-state index contributed by atoms with van der Waals surface area (Å²) < 4.78 is 9.63. The average Bonchev–Trinajstić information content (AvgIpc) is 3.93. The molecule has 8 rings (SSSR count). The molecule has 2 aliphatic heterocycles. The zero-order valence-corrected chi connectivity index (χ0v) is 34.1. The van der Waals surface area contributed by atoms with Crippen LogP contribution in [0.5, 0.6) is 0 Å². The standard InChI is InChI=1S/C43H45BrN6O5Si/c1-27-41(56(2,3)54)39(18-19-49-25-37(47-48-49)34(26-51)29-11-5-4-6-12-29)55-43(27)35-22-31(44)16-17-38(35)50(42(43)53)24-28-10-9-13-32(20-28)46-40(52)21-30-23-45-36-15-8-7-14-33(30)36/h4-17,20,22-23,25,27,34,39,41,45,51,54H,18-19,21,24,26H2,1-3H3,(H,46,52)/t27-,34?,39+,41-,43+/m0/s1. The van der Waals surface area contributed by atoms with Crippen LogP contribution in [0.3, 0.4) is 0 Å². The number of benzene rings is 4. The second-order valence-electron chi connectivity index (χ2n) is 15.5. The van der Waals surface area contributed by atoms with Crippen molar-refractivity contribution in [2.75, 3.05) is 16.8 Å². The monoisotopic (exact) mass is 832 g/mol. The first kappa shape index (κ1) is 38.0. The number of nitrogens with one attached hydrogen (secondary N) is 2. The molecule has 0 saturated carbocycles. The van der Waals surface area contributed by atoms with Gasteiger partial charge in [0.25, 0.3) is 5.91 Å². The topological polar surface area (TPSA) is 146 Å². The van der Waals surface area contributed by atoms with Gasteiger partial charge in [-0.15, -0.1) is 5.10 Å². The number of carbonyl (C=O) groups excluding carboxylic acids is 2. The maximum Gasteiger partial charge on any atom is 0.264 e. The number of aromatic amines is 1. The van der Waals surface area contributed by atoms with E-state index in [1.807, 2.05) is 129 Å². The van der Waals surface area contributed by atoms with Gasteiger partial charge in [0.2, 0.25) is 5.91 Å². The molecule has 13 heteroatoms. The number of amides is 2. The number of ether oxygens (including phenoxy) is 1. The number of halogens is 1. The molecule has 288 valence electrons. The van der Waals surface area contributed by atoms with Crippen molar-refractivity contribution in [3.05, 3.63) is 142 Å². The molecule has 1 spiro atoms. The van der Waals surface area contributed by atoms with Gasteiger partial charge in [0, 0.05) is 57.0 Å². The molecule has 1 unspecified atom stereocenters. The largest absolute Gasteiger partial charge is 0.432 e. The molecular weight excluding hydrogens is 788 g/mol. The number of rotatable bonds is 12. The van der Waals surface area contributed by atoms with Crippen LogP contribution in [0.1, 0.15) is 47.2 Å². The number of nitrogens with zero attached hydrogens (tertiary/aromatic N) is 4. The predicted molar refractivity (Wildman–Crippen MR) is 222 cm³/mol. The van der Waals surface area contributed by atoms with Gasteiger partial charge in [-0.25, -0.2) is 0 Å². The first-order chi connectivity index (χ1) is 27.0. The van der Waals surface area contributed by atoms with Gasteiger partial charge in [-0.2, -0.15) is 0 Å². The summed E-state index contributed by atoms with van der Waals surface area (Å²) in [6.45, 7) is 6.49. The van der Waals surface area contributed by atoms with Crippen LogP contribution in [0.4, 0.5) is 11.4 Å². The Labute approximate surface area is 335 Å². The summed E-state index contributed by atoms with van der Waals surface area (Å²) in [5, 5.41) is 23.0. The van der Waals surface area contributed by atoms with Crippen LogP contribution in [0.15, 0.2) is 114 Å². The van der Waals surface area contributed by atoms with Crippen LogP contribution in [0.25, 0.3) is 10.9 Å². The van der Waals surface area contributed by atoms with E-state index < -0.39 is 20.0 Å². The van der Waals surface area contributed by atoms with E-state index in [9.17, 15) is 19.5 Å². The van der Waals surface area contributed by atoms with E-state index >= 15 is 0 Å². The van der Waals surface area contributed by atoms with Crippen molar-refractivity contribution in [3.63, 3.8) is 0 Å². The third kappa shape index (κ3) is 7.02. The van der Waals surface area contributed by atoms with Crippen molar-refractivity contribution in [1.82, 2.24) is 20.0 Å². The molecule has 1 saturated heterocycles. The summed E-state index contributed by atoms with van der Waals surface area (Å²) in [7, 11) is -2.90. The number of fused-ring (bicyclic) bond motifs is 3. The Morgan fingerprint density at radius 1 is 1.05 bits per heavy atom. The number of aryl methyl sites for hydroxylation is 1. The second kappa shape index (κ2) is 15.2. The number of para-hydroxylation sites is 1. The molecule has 56 heavy (non-hydrogen) atoms. The van der Waals surface area contributed by atoms with Crippen LogP contribution in [0, 0.1) is 5.92 Å². The van der Waals surface area contributed by atoms with Crippen LogP contribution in [0.2, 0.25) is 18.6 Å². The third-order valence-corrected chi connectivity index (χ3v) is 14.5. The molecule has 0 radical (unpaired) electrons. The minimum Gasteiger partial charge on any atom is -0.432 e. The lowest BCUT2D eigenvalue weighted by Gasteiger charge is -2.32. The van der Waals surface area contributed by atoms with Gasteiger partial charge in [0.15, 0.2) is 13.9 Å². The Morgan fingerprint density at radius 2 is 1.84 bits per heavy atom. The van der Waals surface area contributed by atoms with Crippen molar-refractivity contribution in [2.24, 2.45) is 5.92 Å². The average molecular weight is 834 g/mol. The Balaban J connectivity index is 1.03. The maximum atomic E-state index is 15.0. The fourth-order valence-electron chi connectivity index (χ4n) is 8.96. The van der Waals surface area contributed by atoms with Crippen molar-refractivity contribution in [1.29, 1.82) is 0 Å². The predicted octanol–water partition coefficient (Wildman–Crippen LogP) is 7.26. The Bertz CT molecular complexity index is 2400. The summed E-state index contributed by atoms with van der Waals surface area (Å²) in [6, 6.07) is 31.1.